The van der Waals surface area contributed by atoms with Gasteiger partial charge in [-0.05, 0) is 25.0 Å². The van der Waals surface area contributed by atoms with Crippen molar-refractivity contribution in [2.75, 3.05) is 6.26 Å². The molecule has 0 aliphatic heterocycles. The van der Waals surface area contributed by atoms with Gasteiger partial charge in [0.25, 0.3) is 5.56 Å². The van der Waals surface area contributed by atoms with Crippen LogP contribution in [0.2, 0.25) is 0 Å². The van der Waals surface area contributed by atoms with Crippen molar-refractivity contribution in [3.63, 3.8) is 0 Å². The summed E-state index contributed by atoms with van der Waals surface area (Å²) in [6, 6.07) is 0. The van der Waals surface area contributed by atoms with Crippen molar-refractivity contribution in [2.45, 2.75) is 56.7 Å². The van der Waals surface area contributed by atoms with Crippen LogP contribution < -0.4 is 11.2 Å². The number of nitrogens with one attached hydrogen (secondary N) is 1. The third-order valence-electron chi connectivity index (χ3n) is 4.18. The van der Waals surface area contributed by atoms with Crippen molar-refractivity contribution in [2.24, 2.45) is 0 Å². The maximum atomic E-state index is 12.0. The van der Waals surface area contributed by atoms with Crippen molar-refractivity contribution in [1.82, 2.24) is 9.55 Å². The Balaban J connectivity index is 2.49. The van der Waals surface area contributed by atoms with Gasteiger partial charge in [-0.25, -0.2) is 4.79 Å². The molecular weight excluding hydrogens is 276 g/mol. The Labute approximate surface area is 122 Å². The number of aromatic hydroxyl groups is 1. The second-order valence-electron chi connectivity index (χ2n) is 5.83. The smallest absolute Gasteiger partial charge is 0.331 e. The van der Waals surface area contributed by atoms with Crippen LogP contribution in [0, 0.1) is 0 Å². The number of aromatic nitrogens is 2. The first-order valence-corrected chi connectivity index (χ1v) is 8.24. The van der Waals surface area contributed by atoms with E-state index in [1.54, 1.807) is 11.8 Å². The lowest BCUT2D eigenvalue weighted by Gasteiger charge is -2.28. The molecular formula is C14H22N2O3S. The van der Waals surface area contributed by atoms with Gasteiger partial charge in [0.1, 0.15) is 0 Å². The van der Waals surface area contributed by atoms with E-state index in [0.29, 0.717) is 12.1 Å². The molecule has 2 rings (SSSR count). The molecule has 0 unspecified atom stereocenters. The summed E-state index contributed by atoms with van der Waals surface area (Å²) in [4.78, 5) is 26.2. The van der Waals surface area contributed by atoms with Crippen molar-refractivity contribution in [3.8, 4) is 5.88 Å². The summed E-state index contributed by atoms with van der Waals surface area (Å²) >= 11 is 1.75. The molecule has 0 aromatic carbocycles. The second-order valence-corrected chi connectivity index (χ2v) is 7.11. The summed E-state index contributed by atoms with van der Waals surface area (Å²) in [5, 5.41) is 10.3. The van der Waals surface area contributed by atoms with Gasteiger partial charge in [0.15, 0.2) is 0 Å². The Hall–Kier alpha value is -1.17. The minimum absolute atomic E-state index is 0.00615. The molecule has 0 atom stereocenters. The largest absolute Gasteiger partial charge is 0.494 e. The standard InChI is InChI=1S/C14H22N2O3S/c1-9(2)10-11(17)15-13(19)16(12(10)18)8-14(20-3)6-4-5-7-14/h9,18H,4-8H2,1-3H3,(H,15,17,19). The van der Waals surface area contributed by atoms with Gasteiger partial charge < -0.3 is 5.11 Å². The molecule has 0 amide bonds. The van der Waals surface area contributed by atoms with E-state index in [4.69, 9.17) is 0 Å². The van der Waals surface area contributed by atoms with E-state index in [9.17, 15) is 14.7 Å². The van der Waals surface area contributed by atoms with Gasteiger partial charge >= 0.3 is 5.69 Å². The molecule has 1 aromatic heterocycles. The lowest BCUT2D eigenvalue weighted by molar-refractivity contribution is 0.366. The van der Waals surface area contributed by atoms with Crippen LogP contribution in [0.4, 0.5) is 0 Å². The summed E-state index contributed by atoms with van der Waals surface area (Å²) < 4.78 is 1.33. The Bertz CT molecular complexity index is 597. The SMILES string of the molecule is CSC1(Cn2c(O)c(C(C)C)c(=O)[nH]c2=O)CCCC1. The highest BCUT2D eigenvalue weighted by Crippen LogP contribution is 2.41. The molecule has 1 saturated carbocycles. The van der Waals surface area contributed by atoms with Crippen molar-refractivity contribution in [3.05, 3.63) is 26.4 Å². The summed E-state index contributed by atoms with van der Waals surface area (Å²) in [5.74, 6) is -0.298. The Morgan fingerprint density at radius 3 is 2.45 bits per heavy atom. The van der Waals surface area contributed by atoms with Crippen molar-refractivity contribution in [1.29, 1.82) is 0 Å². The van der Waals surface area contributed by atoms with Crippen LogP contribution in [0.15, 0.2) is 9.59 Å². The monoisotopic (exact) mass is 298 g/mol. The van der Waals surface area contributed by atoms with Crippen LogP contribution in [0.25, 0.3) is 0 Å². The second kappa shape index (κ2) is 5.68. The lowest BCUT2D eigenvalue weighted by atomic mass is 10.0. The third-order valence-corrected chi connectivity index (χ3v) is 5.58. The minimum atomic E-state index is -0.516. The van der Waals surface area contributed by atoms with Gasteiger partial charge in [0.05, 0.1) is 5.56 Å². The van der Waals surface area contributed by atoms with Crippen LogP contribution in [-0.2, 0) is 6.54 Å². The first-order valence-electron chi connectivity index (χ1n) is 7.01. The molecule has 1 aliphatic rings. The van der Waals surface area contributed by atoms with Gasteiger partial charge in [-0.15, -0.1) is 0 Å². The molecule has 1 aliphatic carbocycles. The highest BCUT2D eigenvalue weighted by molar-refractivity contribution is 8.00. The lowest BCUT2D eigenvalue weighted by Crippen LogP contribution is -2.38. The average molecular weight is 298 g/mol. The van der Waals surface area contributed by atoms with Crippen LogP contribution in [0.5, 0.6) is 5.88 Å². The molecule has 0 spiro atoms. The number of H-pyrrole nitrogens is 1. The van der Waals surface area contributed by atoms with Gasteiger partial charge in [0.2, 0.25) is 5.88 Å². The molecule has 5 nitrogen and oxygen atoms in total. The topological polar surface area (TPSA) is 75.1 Å². The molecule has 1 heterocycles. The van der Waals surface area contributed by atoms with Crippen LogP contribution >= 0.6 is 11.8 Å². The zero-order valence-corrected chi connectivity index (χ0v) is 13.0. The number of thioether (sulfide) groups is 1. The molecule has 2 N–H and O–H groups in total. The van der Waals surface area contributed by atoms with E-state index in [1.165, 1.54) is 4.57 Å². The maximum absolute atomic E-state index is 12.0. The maximum Gasteiger partial charge on any atom is 0.331 e. The van der Waals surface area contributed by atoms with Crippen molar-refractivity contribution >= 4 is 11.8 Å². The Morgan fingerprint density at radius 1 is 1.35 bits per heavy atom. The predicted molar refractivity (Wildman–Crippen MR) is 81.8 cm³/mol. The zero-order chi connectivity index (χ0) is 14.9. The number of hydrogen-bond donors (Lipinski definition) is 2. The average Bonchev–Trinajstić information content (AvgIpc) is 2.83. The number of rotatable bonds is 4. The van der Waals surface area contributed by atoms with E-state index in [0.717, 1.165) is 25.7 Å². The van der Waals surface area contributed by atoms with E-state index in [1.807, 2.05) is 20.1 Å². The fraction of sp³-hybridized carbons (Fsp3) is 0.714. The first-order chi connectivity index (χ1) is 9.40. The predicted octanol–water partition coefficient (Wildman–Crippen LogP) is 2.04. The zero-order valence-electron chi connectivity index (χ0n) is 12.2. The molecule has 20 heavy (non-hydrogen) atoms. The normalized spacial score (nSPS) is 17.8. The van der Waals surface area contributed by atoms with Gasteiger partial charge in [-0.3, -0.25) is 14.3 Å². The summed E-state index contributed by atoms with van der Waals surface area (Å²) in [6.07, 6.45) is 6.42. The Kier molecular flexibility index (Phi) is 4.32. The molecule has 0 bridgehead atoms. The molecule has 1 fully saturated rings. The highest BCUT2D eigenvalue weighted by atomic mass is 32.2. The van der Waals surface area contributed by atoms with E-state index in [-0.39, 0.29) is 16.5 Å². The fourth-order valence-corrected chi connectivity index (χ4v) is 3.93. The number of nitrogens with zero attached hydrogens (tertiary/aromatic N) is 1. The van der Waals surface area contributed by atoms with Crippen LogP contribution in [0.3, 0.4) is 0 Å². The van der Waals surface area contributed by atoms with Crippen LogP contribution in [-0.4, -0.2) is 25.7 Å². The first kappa shape index (κ1) is 15.2. The third kappa shape index (κ3) is 2.66. The van der Waals surface area contributed by atoms with Gasteiger partial charge in [-0.1, -0.05) is 26.7 Å². The molecule has 6 heteroatoms. The summed E-state index contributed by atoms with van der Waals surface area (Å²) in [5.41, 5.74) is -0.709. The van der Waals surface area contributed by atoms with E-state index < -0.39 is 11.2 Å². The highest BCUT2D eigenvalue weighted by Gasteiger charge is 2.35. The number of aromatic amines is 1. The van der Waals surface area contributed by atoms with Gasteiger partial charge in [-0.2, -0.15) is 11.8 Å². The molecule has 1 aromatic rings. The summed E-state index contributed by atoms with van der Waals surface area (Å²) in [6.45, 7) is 4.12. The minimum Gasteiger partial charge on any atom is -0.494 e. The van der Waals surface area contributed by atoms with Crippen molar-refractivity contribution < 1.29 is 5.11 Å². The van der Waals surface area contributed by atoms with Crippen LogP contribution in [0.1, 0.15) is 51.0 Å². The number of hydrogen-bond acceptors (Lipinski definition) is 4. The molecule has 0 saturated heterocycles. The molecule has 0 radical (unpaired) electrons. The quantitative estimate of drug-likeness (QED) is 0.892. The fourth-order valence-electron chi connectivity index (χ4n) is 2.98. The van der Waals surface area contributed by atoms with Gasteiger partial charge in [0, 0.05) is 11.3 Å². The van der Waals surface area contributed by atoms with E-state index in [2.05, 4.69) is 4.98 Å². The molecule has 112 valence electrons. The Morgan fingerprint density at radius 2 is 1.95 bits per heavy atom. The summed E-state index contributed by atoms with van der Waals surface area (Å²) in [7, 11) is 0. The van der Waals surface area contributed by atoms with E-state index >= 15 is 0 Å².